The van der Waals surface area contributed by atoms with Gasteiger partial charge in [-0.3, -0.25) is 0 Å². The van der Waals surface area contributed by atoms with E-state index in [1.807, 2.05) is 0 Å². The molecule has 0 aliphatic rings. The predicted molar refractivity (Wildman–Crippen MR) is 71.5 cm³/mol. The Hall–Kier alpha value is -2.24. The molecule has 0 N–H and O–H groups in total. The molecule has 22 heavy (non-hydrogen) atoms. The summed E-state index contributed by atoms with van der Waals surface area (Å²) in [6.45, 7) is 0. The van der Waals surface area contributed by atoms with E-state index in [4.69, 9.17) is 0 Å². The first-order valence-corrected chi connectivity index (χ1v) is 6.26. The summed E-state index contributed by atoms with van der Waals surface area (Å²) in [5.41, 5.74) is -1.57. The van der Waals surface area contributed by atoms with E-state index in [1.165, 1.54) is 24.3 Å². The van der Waals surface area contributed by atoms with E-state index in [-0.39, 0.29) is 0 Å². The minimum absolute atomic E-state index is 0.335. The molecule has 3 rings (SSSR count). The highest BCUT2D eigenvalue weighted by atomic mass is 19.4. The van der Waals surface area contributed by atoms with Gasteiger partial charge in [0.05, 0.1) is 11.1 Å². The highest BCUT2D eigenvalue weighted by Gasteiger charge is 2.31. The Morgan fingerprint density at radius 2 is 0.818 bits per heavy atom. The first-order valence-electron chi connectivity index (χ1n) is 6.26. The van der Waals surface area contributed by atoms with Crippen molar-refractivity contribution < 1.29 is 26.3 Å². The third kappa shape index (κ3) is 2.61. The van der Waals surface area contributed by atoms with E-state index >= 15 is 0 Å². The zero-order valence-corrected chi connectivity index (χ0v) is 10.9. The molecule has 0 spiro atoms. The van der Waals surface area contributed by atoms with E-state index in [9.17, 15) is 26.3 Å². The molecule has 0 atom stereocenters. The molecule has 0 aliphatic carbocycles. The molecule has 0 unspecified atom stereocenters. The molecular weight excluding hydrogens is 306 g/mol. The van der Waals surface area contributed by atoms with Gasteiger partial charge >= 0.3 is 12.4 Å². The Morgan fingerprint density at radius 3 is 1.14 bits per heavy atom. The van der Waals surface area contributed by atoms with Crippen molar-refractivity contribution in [2.45, 2.75) is 12.4 Å². The number of benzene rings is 3. The molecule has 0 aliphatic heterocycles. The Kier molecular flexibility index (Phi) is 3.09. The molecule has 0 amide bonds. The monoisotopic (exact) mass is 314 g/mol. The fourth-order valence-corrected chi connectivity index (χ4v) is 2.35. The van der Waals surface area contributed by atoms with Gasteiger partial charge in [-0.25, -0.2) is 0 Å². The van der Waals surface area contributed by atoms with E-state index in [0.717, 1.165) is 24.3 Å². The quantitative estimate of drug-likeness (QED) is 0.351. The van der Waals surface area contributed by atoms with Gasteiger partial charge in [0.2, 0.25) is 0 Å². The molecular formula is C16H8F6. The van der Waals surface area contributed by atoms with Crippen LogP contribution in [0.3, 0.4) is 0 Å². The Labute approximate surface area is 121 Å². The SMILES string of the molecule is FC(F)(F)c1ccc2cc3cc(C(F)(F)F)ccc3cc2c1. The maximum atomic E-state index is 12.7. The van der Waals surface area contributed by atoms with Crippen molar-refractivity contribution in [1.29, 1.82) is 0 Å². The molecule has 0 saturated carbocycles. The lowest BCUT2D eigenvalue weighted by molar-refractivity contribution is -0.138. The lowest BCUT2D eigenvalue weighted by atomic mass is 10.00. The van der Waals surface area contributed by atoms with Crippen molar-refractivity contribution >= 4 is 21.5 Å². The van der Waals surface area contributed by atoms with E-state index in [0.29, 0.717) is 21.5 Å². The van der Waals surface area contributed by atoms with Crippen LogP contribution in [-0.2, 0) is 12.4 Å². The normalized spacial score (nSPS) is 13.0. The van der Waals surface area contributed by atoms with E-state index < -0.39 is 23.5 Å². The fourth-order valence-electron chi connectivity index (χ4n) is 2.35. The van der Waals surface area contributed by atoms with Gasteiger partial charge in [0.1, 0.15) is 0 Å². The average Bonchev–Trinajstić information content (AvgIpc) is 2.41. The summed E-state index contributed by atoms with van der Waals surface area (Å²) in [6.07, 6.45) is -8.91. The van der Waals surface area contributed by atoms with Gasteiger partial charge in [0.25, 0.3) is 0 Å². The van der Waals surface area contributed by atoms with Crippen LogP contribution in [0, 0.1) is 0 Å². The Morgan fingerprint density at radius 1 is 0.455 bits per heavy atom. The molecule has 3 aromatic rings. The van der Waals surface area contributed by atoms with Gasteiger partial charge in [-0.05, 0) is 57.9 Å². The Bertz CT molecular complexity index is 784. The first kappa shape index (κ1) is 14.7. The number of hydrogen-bond donors (Lipinski definition) is 0. The number of rotatable bonds is 0. The summed E-state index contributed by atoms with van der Waals surface area (Å²) in [7, 11) is 0. The van der Waals surface area contributed by atoms with Crippen molar-refractivity contribution in [1.82, 2.24) is 0 Å². The lowest BCUT2D eigenvalue weighted by Crippen LogP contribution is -2.04. The Balaban J connectivity index is 2.22. The van der Waals surface area contributed by atoms with Gasteiger partial charge in [-0.1, -0.05) is 12.1 Å². The average molecular weight is 314 g/mol. The van der Waals surface area contributed by atoms with Crippen molar-refractivity contribution in [3.63, 3.8) is 0 Å². The molecule has 0 radical (unpaired) electrons. The van der Waals surface area contributed by atoms with Crippen LogP contribution in [0.15, 0.2) is 48.5 Å². The minimum Gasteiger partial charge on any atom is -0.166 e. The molecule has 114 valence electrons. The summed E-state index contributed by atoms with van der Waals surface area (Å²) in [5, 5.41) is 1.59. The summed E-state index contributed by atoms with van der Waals surface area (Å²) in [5.74, 6) is 0. The van der Waals surface area contributed by atoms with Gasteiger partial charge in [0, 0.05) is 0 Å². The van der Waals surface area contributed by atoms with Crippen molar-refractivity contribution in [2.24, 2.45) is 0 Å². The summed E-state index contributed by atoms with van der Waals surface area (Å²) in [6, 6.07) is 9.26. The van der Waals surface area contributed by atoms with Crippen LogP contribution < -0.4 is 0 Å². The number of alkyl halides is 6. The van der Waals surface area contributed by atoms with Crippen LogP contribution in [0.25, 0.3) is 21.5 Å². The second kappa shape index (κ2) is 4.63. The van der Waals surface area contributed by atoms with Crippen LogP contribution >= 0.6 is 0 Å². The highest BCUT2D eigenvalue weighted by Crippen LogP contribution is 2.35. The molecule has 0 fully saturated rings. The van der Waals surface area contributed by atoms with E-state index in [2.05, 4.69) is 0 Å². The van der Waals surface area contributed by atoms with Crippen molar-refractivity contribution in [3.05, 3.63) is 59.7 Å². The fraction of sp³-hybridized carbons (Fsp3) is 0.125. The smallest absolute Gasteiger partial charge is 0.166 e. The number of fused-ring (bicyclic) bond motifs is 2. The zero-order valence-electron chi connectivity index (χ0n) is 10.9. The van der Waals surface area contributed by atoms with Crippen LogP contribution in [0.5, 0.6) is 0 Å². The molecule has 0 bridgehead atoms. The second-order valence-corrected chi connectivity index (χ2v) is 4.97. The van der Waals surface area contributed by atoms with Crippen LogP contribution in [0.1, 0.15) is 11.1 Å². The first-order chi connectivity index (χ1) is 10.1. The zero-order chi connectivity index (χ0) is 16.1. The standard InChI is InChI=1S/C16H8F6/c17-15(18,19)13-3-1-9-5-12-8-14(16(20,21)22)4-2-10(12)6-11(9)7-13/h1-8H. The van der Waals surface area contributed by atoms with E-state index in [1.54, 1.807) is 0 Å². The van der Waals surface area contributed by atoms with Crippen LogP contribution in [0.2, 0.25) is 0 Å². The van der Waals surface area contributed by atoms with Crippen molar-refractivity contribution in [3.8, 4) is 0 Å². The second-order valence-electron chi connectivity index (χ2n) is 4.97. The molecule has 6 heteroatoms. The van der Waals surface area contributed by atoms with Gasteiger partial charge in [-0.15, -0.1) is 0 Å². The lowest BCUT2D eigenvalue weighted by Gasteiger charge is -2.10. The van der Waals surface area contributed by atoms with Crippen molar-refractivity contribution in [2.75, 3.05) is 0 Å². The maximum absolute atomic E-state index is 12.7. The minimum atomic E-state index is -4.46. The molecule has 0 saturated heterocycles. The number of halogens is 6. The largest absolute Gasteiger partial charge is 0.416 e. The van der Waals surface area contributed by atoms with Gasteiger partial charge in [0.15, 0.2) is 0 Å². The molecule has 3 aromatic carbocycles. The van der Waals surface area contributed by atoms with Crippen LogP contribution in [0.4, 0.5) is 26.3 Å². The highest BCUT2D eigenvalue weighted by molar-refractivity contribution is 5.98. The molecule has 0 aromatic heterocycles. The predicted octanol–water partition coefficient (Wildman–Crippen LogP) is 6.03. The van der Waals surface area contributed by atoms with Crippen LogP contribution in [-0.4, -0.2) is 0 Å². The van der Waals surface area contributed by atoms with Gasteiger partial charge in [-0.2, -0.15) is 26.3 Å². The third-order valence-electron chi connectivity index (χ3n) is 3.45. The summed E-state index contributed by atoms with van der Waals surface area (Å²) in [4.78, 5) is 0. The molecule has 0 heterocycles. The topological polar surface area (TPSA) is 0 Å². The van der Waals surface area contributed by atoms with Gasteiger partial charge < -0.3 is 0 Å². The molecule has 0 nitrogen and oxygen atoms in total. The third-order valence-corrected chi connectivity index (χ3v) is 3.45. The maximum Gasteiger partial charge on any atom is 0.416 e. The summed E-state index contributed by atoms with van der Waals surface area (Å²) >= 11 is 0. The summed E-state index contributed by atoms with van der Waals surface area (Å²) < 4.78 is 76.1. The number of hydrogen-bond acceptors (Lipinski definition) is 0.